The number of rotatable bonds is 5. The van der Waals surface area contributed by atoms with Gasteiger partial charge in [0.25, 0.3) is 5.91 Å². The predicted molar refractivity (Wildman–Crippen MR) is 128 cm³/mol. The predicted octanol–water partition coefficient (Wildman–Crippen LogP) is 4.01. The van der Waals surface area contributed by atoms with E-state index in [0.29, 0.717) is 6.54 Å². The summed E-state index contributed by atoms with van der Waals surface area (Å²) in [6.45, 7) is 4.02. The number of amides is 1. The summed E-state index contributed by atoms with van der Waals surface area (Å²) in [5, 5.41) is 4.77. The standard InChI is InChI=1S/C24H26FN5O3S/c1-14-10-17(20(12-18(14)25)28-34(3,32)33)24(31)29-9-5-4-6-22(29)21-13-23-26-19(16-7-8-16)11-15(2)30(23)27-21/h7,10-13,22,28H,4-6,8-9H2,1-3H3. The fourth-order valence-corrected chi connectivity index (χ4v) is 5.08. The molecule has 178 valence electrons. The minimum atomic E-state index is -3.70. The third kappa shape index (κ3) is 4.29. The van der Waals surface area contributed by atoms with Crippen LogP contribution in [0.25, 0.3) is 11.2 Å². The van der Waals surface area contributed by atoms with Crippen LogP contribution in [-0.4, -0.2) is 46.6 Å². The number of benzene rings is 1. The van der Waals surface area contributed by atoms with Gasteiger partial charge in [0.05, 0.1) is 34.9 Å². The molecule has 2 aromatic heterocycles. The van der Waals surface area contributed by atoms with E-state index in [1.807, 2.05) is 19.1 Å². The Labute approximate surface area is 197 Å². The number of hydrogen-bond acceptors (Lipinski definition) is 5. The molecule has 3 heterocycles. The summed E-state index contributed by atoms with van der Waals surface area (Å²) in [5.41, 5.74) is 4.93. The number of nitrogens with one attached hydrogen (secondary N) is 1. The average Bonchev–Trinajstić information content (AvgIpc) is 3.53. The van der Waals surface area contributed by atoms with E-state index < -0.39 is 15.8 Å². The maximum absolute atomic E-state index is 14.2. The normalized spacial score (nSPS) is 18.2. The van der Waals surface area contributed by atoms with Gasteiger partial charge < -0.3 is 4.90 Å². The highest BCUT2D eigenvalue weighted by Gasteiger charge is 2.32. The molecule has 1 amide bonds. The Hall–Kier alpha value is -3.27. The Kier molecular flexibility index (Phi) is 5.43. The zero-order chi connectivity index (χ0) is 24.2. The number of nitrogens with zero attached hydrogens (tertiary/aromatic N) is 4. The summed E-state index contributed by atoms with van der Waals surface area (Å²) in [5.74, 6) is -0.939. The van der Waals surface area contributed by atoms with E-state index in [-0.39, 0.29) is 28.8 Å². The van der Waals surface area contributed by atoms with Crippen LogP contribution in [0, 0.1) is 19.7 Å². The van der Waals surface area contributed by atoms with Crippen molar-refractivity contribution in [3.05, 3.63) is 64.4 Å². The van der Waals surface area contributed by atoms with Gasteiger partial charge in [-0.05, 0) is 68.9 Å². The van der Waals surface area contributed by atoms with Crippen molar-refractivity contribution < 1.29 is 17.6 Å². The van der Waals surface area contributed by atoms with E-state index in [1.54, 1.807) is 16.3 Å². The number of carbonyl (C=O) groups excluding carboxylic acids is 1. The number of halogens is 1. The van der Waals surface area contributed by atoms with E-state index in [1.165, 1.54) is 11.6 Å². The maximum Gasteiger partial charge on any atom is 0.256 e. The number of aryl methyl sites for hydroxylation is 2. The fraction of sp³-hybridized carbons (Fsp3) is 0.375. The summed E-state index contributed by atoms with van der Waals surface area (Å²) in [6.07, 6.45) is 6.53. The van der Waals surface area contributed by atoms with E-state index in [9.17, 15) is 17.6 Å². The zero-order valence-corrected chi connectivity index (χ0v) is 20.1. The number of piperidine rings is 1. The van der Waals surface area contributed by atoms with Gasteiger partial charge in [-0.2, -0.15) is 5.10 Å². The van der Waals surface area contributed by atoms with Gasteiger partial charge in [0.1, 0.15) is 5.82 Å². The molecule has 1 N–H and O–H groups in total. The second-order valence-corrected chi connectivity index (χ2v) is 10.8. The van der Waals surface area contributed by atoms with Crippen LogP contribution in [-0.2, 0) is 10.0 Å². The number of carbonyl (C=O) groups is 1. The highest BCUT2D eigenvalue weighted by Crippen LogP contribution is 2.35. The molecule has 0 bridgehead atoms. The van der Waals surface area contributed by atoms with Crippen LogP contribution in [0.2, 0.25) is 0 Å². The number of aromatic nitrogens is 3. The van der Waals surface area contributed by atoms with Gasteiger partial charge in [-0.1, -0.05) is 6.08 Å². The minimum Gasteiger partial charge on any atom is -0.330 e. The lowest BCUT2D eigenvalue weighted by atomic mass is 9.97. The van der Waals surface area contributed by atoms with E-state index >= 15 is 0 Å². The van der Waals surface area contributed by atoms with Crippen LogP contribution >= 0.6 is 0 Å². The number of hydrogen-bond donors (Lipinski definition) is 1. The first-order chi connectivity index (χ1) is 16.1. The van der Waals surface area contributed by atoms with Crippen molar-refractivity contribution in [3.8, 4) is 0 Å². The molecule has 1 fully saturated rings. The summed E-state index contributed by atoms with van der Waals surface area (Å²) < 4.78 is 42.1. The fourth-order valence-electron chi connectivity index (χ4n) is 4.51. The van der Waals surface area contributed by atoms with Crippen molar-refractivity contribution in [2.24, 2.45) is 0 Å². The van der Waals surface area contributed by atoms with Gasteiger partial charge in [0.15, 0.2) is 5.65 Å². The van der Waals surface area contributed by atoms with Crippen molar-refractivity contribution in [3.63, 3.8) is 0 Å². The smallest absolute Gasteiger partial charge is 0.256 e. The van der Waals surface area contributed by atoms with Crippen LogP contribution < -0.4 is 4.72 Å². The van der Waals surface area contributed by atoms with Gasteiger partial charge in [-0.15, -0.1) is 0 Å². The lowest BCUT2D eigenvalue weighted by Gasteiger charge is -2.35. The monoisotopic (exact) mass is 483 g/mol. The van der Waals surface area contributed by atoms with E-state index in [2.05, 4.69) is 10.8 Å². The van der Waals surface area contributed by atoms with Gasteiger partial charge >= 0.3 is 0 Å². The Morgan fingerprint density at radius 1 is 1.18 bits per heavy atom. The maximum atomic E-state index is 14.2. The molecule has 3 aromatic rings. The highest BCUT2D eigenvalue weighted by atomic mass is 32.2. The summed E-state index contributed by atoms with van der Waals surface area (Å²) in [4.78, 5) is 20.1. The second kappa shape index (κ2) is 8.19. The molecule has 1 aliphatic heterocycles. The molecule has 1 aliphatic carbocycles. The van der Waals surface area contributed by atoms with Crippen molar-refractivity contribution in [2.75, 3.05) is 17.5 Å². The lowest BCUT2D eigenvalue weighted by molar-refractivity contribution is 0.0606. The molecule has 1 atom stereocenters. The molecular formula is C24H26FN5O3S. The number of fused-ring (bicyclic) bond motifs is 1. The van der Waals surface area contributed by atoms with E-state index in [0.717, 1.165) is 60.7 Å². The topological polar surface area (TPSA) is 96.7 Å². The first-order valence-electron chi connectivity index (χ1n) is 11.3. The Morgan fingerprint density at radius 3 is 2.65 bits per heavy atom. The van der Waals surface area contributed by atoms with Crippen LogP contribution in [0.1, 0.15) is 64.7 Å². The van der Waals surface area contributed by atoms with Crippen LogP contribution in [0.4, 0.5) is 10.1 Å². The van der Waals surface area contributed by atoms with Crippen molar-refractivity contribution in [1.82, 2.24) is 19.5 Å². The Balaban J connectivity index is 1.54. The van der Waals surface area contributed by atoms with E-state index in [4.69, 9.17) is 10.1 Å². The number of sulfonamides is 1. The highest BCUT2D eigenvalue weighted by molar-refractivity contribution is 7.92. The second-order valence-electron chi connectivity index (χ2n) is 9.09. The van der Waals surface area contributed by atoms with Gasteiger partial charge in [0, 0.05) is 18.3 Å². The molecule has 5 rings (SSSR count). The first kappa shape index (κ1) is 22.5. The van der Waals surface area contributed by atoms with Crippen molar-refractivity contribution in [2.45, 2.75) is 45.6 Å². The van der Waals surface area contributed by atoms with Crippen molar-refractivity contribution in [1.29, 1.82) is 0 Å². The molecule has 0 radical (unpaired) electrons. The number of likely N-dealkylation sites (tertiary alicyclic amines) is 1. The zero-order valence-electron chi connectivity index (χ0n) is 19.3. The molecule has 0 spiro atoms. The van der Waals surface area contributed by atoms with Gasteiger partial charge in [0.2, 0.25) is 10.0 Å². The molecule has 10 heteroatoms. The number of allylic oxidation sites excluding steroid dienone is 2. The summed E-state index contributed by atoms with van der Waals surface area (Å²) in [6, 6.07) is 6.11. The Morgan fingerprint density at radius 2 is 1.94 bits per heavy atom. The molecule has 34 heavy (non-hydrogen) atoms. The largest absolute Gasteiger partial charge is 0.330 e. The SMILES string of the molecule is Cc1cc(C(=O)N2CCCCC2c2cc3nc(C4=CC4)cc(C)n3n2)c(NS(C)(=O)=O)cc1F. The van der Waals surface area contributed by atoms with Gasteiger partial charge in [-0.3, -0.25) is 9.52 Å². The van der Waals surface area contributed by atoms with Crippen LogP contribution in [0.3, 0.4) is 0 Å². The molecular weight excluding hydrogens is 457 g/mol. The summed E-state index contributed by atoms with van der Waals surface area (Å²) in [7, 11) is -3.70. The number of anilines is 1. The molecule has 1 aromatic carbocycles. The first-order valence-corrected chi connectivity index (χ1v) is 13.2. The molecule has 1 saturated heterocycles. The van der Waals surface area contributed by atoms with Crippen molar-refractivity contribution >= 4 is 32.8 Å². The quantitative estimate of drug-likeness (QED) is 0.592. The minimum absolute atomic E-state index is 0.0604. The molecule has 1 unspecified atom stereocenters. The molecule has 8 nitrogen and oxygen atoms in total. The molecule has 0 saturated carbocycles. The third-order valence-electron chi connectivity index (χ3n) is 6.29. The van der Waals surface area contributed by atoms with Gasteiger partial charge in [-0.25, -0.2) is 22.3 Å². The summed E-state index contributed by atoms with van der Waals surface area (Å²) >= 11 is 0. The Bertz CT molecular complexity index is 1460. The lowest BCUT2D eigenvalue weighted by Crippen LogP contribution is -2.39. The third-order valence-corrected chi connectivity index (χ3v) is 6.88. The molecule has 2 aliphatic rings. The average molecular weight is 484 g/mol. The van der Waals surface area contributed by atoms with Crippen LogP contribution in [0.5, 0.6) is 0 Å². The van der Waals surface area contributed by atoms with Crippen LogP contribution in [0.15, 0.2) is 30.3 Å².